The van der Waals surface area contributed by atoms with E-state index < -0.39 is 23.9 Å². The molecular weight excluding hydrogens is 356 g/mol. The third kappa shape index (κ3) is 5.15. The normalized spacial score (nSPS) is 11.3. The zero-order valence-corrected chi connectivity index (χ0v) is 14.8. The van der Waals surface area contributed by atoms with E-state index in [9.17, 15) is 14.4 Å². The van der Waals surface area contributed by atoms with E-state index in [1.807, 2.05) is 0 Å². The first-order valence-electron chi connectivity index (χ1n) is 7.62. The van der Waals surface area contributed by atoms with Gasteiger partial charge in [-0.15, -0.1) is 17.9 Å². The number of ether oxygens (including phenoxy) is 1. The second kappa shape index (κ2) is 8.77. The first-order chi connectivity index (χ1) is 12.4. The summed E-state index contributed by atoms with van der Waals surface area (Å²) < 4.78 is 5.12. The quantitative estimate of drug-likeness (QED) is 0.480. The van der Waals surface area contributed by atoms with E-state index in [0.29, 0.717) is 22.9 Å². The van der Waals surface area contributed by atoms with Crippen LogP contribution in [0.3, 0.4) is 0 Å². The van der Waals surface area contributed by atoms with Gasteiger partial charge in [-0.3, -0.25) is 9.59 Å². The molecule has 136 valence electrons. The van der Waals surface area contributed by atoms with E-state index in [2.05, 4.69) is 22.2 Å². The summed E-state index contributed by atoms with van der Waals surface area (Å²) in [6, 6.07) is 6.04. The van der Waals surface area contributed by atoms with Gasteiger partial charge < -0.3 is 21.1 Å². The zero-order chi connectivity index (χ0) is 19.1. The van der Waals surface area contributed by atoms with Crippen LogP contribution in [0.25, 0.3) is 0 Å². The van der Waals surface area contributed by atoms with Crippen LogP contribution in [0.15, 0.2) is 42.3 Å². The molecule has 0 radical (unpaired) electrons. The highest BCUT2D eigenvalue weighted by molar-refractivity contribution is 7.13. The first kappa shape index (κ1) is 19.1. The lowest BCUT2D eigenvalue weighted by Gasteiger charge is -2.13. The van der Waals surface area contributed by atoms with Gasteiger partial charge in [0.05, 0.1) is 0 Å². The minimum Gasteiger partial charge on any atom is -0.448 e. The molecule has 1 aromatic carbocycles. The van der Waals surface area contributed by atoms with Crippen molar-refractivity contribution >= 4 is 39.9 Å². The largest absolute Gasteiger partial charge is 0.448 e. The molecule has 0 fully saturated rings. The maximum atomic E-state index is 12.1. The number of carbonyl (C=O) groups excluding carboxylic acids is 3. The smallest absolute Gasteiger partial charge is 0.358 e. The van der Waals surface area contributed by atoms with Crippen molar-refractivity contribution in [2.24, 2.45) is 5.73 Å². The number of rotatable bonds is 8. The highest BCUT2D eigenvalue weighted by atomic mass is 32.1. The van der Waals surface area contributed by atoms with Crippen molar-refractivity contribution in [3.8, 4) is 0 Å². The lowest BCUT2D eigenvalue weighted by Crippen LogP contribution is -2.30. The molecule has 4 N–H and O–H groups in total. The van der Waals surface area contributed by atoms with E-state index in [-0.39, 0.29) is 5.69 Å². The third-order valence-electron chi connectivity index (χ3n) is 3.20. The second-order valence-corrected chi connectivity index (χ2v) is 6.04. The molecule has 9 heteroatoms. The van der Waals surface area contributed by atoms with Crippen LogP contribution < -0.4 is 16.4 Å². The predicted molar refractivity (Wildman–Crippen MR) is 99.3 cm³/mol. The lowest BCUT2D eigenvalue weighted by atomic mass is 10.2. The standard InChI is InChI=1S/C17H18N4O4S/c1-3-8-19-17-21-13(9-26-17)16(24)25-10(2)15(23)20-12-6-4-11(5-7-12)14(18)22/h3-7,9-10H,1,8H2,2H3,(H2,18,22)(H,19,21)(H,20,23). The molecule has 2 aromatic rings. The number of hydrogen-bond donors (Lipinski definition) is 3. The Hall–Kier alpha value is -3.20. The zero-order valence-electron chi connectivity index (χ0n) is 14.0. The maximum Gasteiger partial charge on any atom is 0.358 e. The first-order valence-corrected chi connectivity index (χ1v) is 8.50. The van der Waals surface area contributed by atoms with Crippen LogP contribution >= 0.6 is 11.3 Å². The van der Waals surface area contributed by atoms with E-state index in [0.717, 1.165) is 0 Å². The molecule has 0 aliphatic carbocycles. The third-order valence-corrected chi connectivity index (χ3v) is 4.00. The van der Waals surface area contributed by atoms with Crippen molar-refractivity contribution in [1.82, 2.24) is 4.98 Å². The summed E-state index contributed by atoms with van der Waals surface area (Å²) >= 11 is 1.25. The number of aromatic nitrogens is 1. The molecule has 1 heterocycles. The molecule has 26 heavy (non-hydrogen) atoms. The minimum absolute atomic E-state index is 0.118. The predicted octanol–water partition coefficient (Wildman–Crippen LogP) is 2.02. The van der Waals surface area contributed by atoms with Gasteiger partial charge >= 0.3 is 5.97 Å². The van der Waals surface area contributed by atoms with Gasteiger partial charge in [0.1, 0.15) is 0 Å². The molecule has 0 aliphatic rings. The fourth-order valence-electron chi connectivity index (χ4n) is 1.84. The van der Waals surface area contributed by atoms with Gasteiger partial charge in [0.2, 0.25) is 5.91 Å². The van der Waals surface area contributed by atoms with Gasteiger partial charge in [-0.1, -0.05) is 6.08 Å². The Bertz CT molecular complexity index is 816. The summed E-state index contributed by atoms with van der Waals surface area (Å²) in [6.45, 7) is 5.56. The summed E-state index contributed by atoms with van der Waals surface area (Å²) in [5.74, 6) is -1.76. The van der Waals surface area contributed by atoms with E-state index in [1.54, 1.807) is 11.5 Å². The summed E-state index contributed by atoms with van der Waals surface area (Å²) in [4.78, 5) is 39.3. The monoisotopic (exact) mass is 374 g/mol. The van der Waals surface area contributed by atoms with Crippen molar-refractivity contribution in [2.75, 3.05) is 17.2 Å². The number of hydrogen-bond acceptors (Lipinski definition) is 7. The molecule has 1 unspecified atom stereocenters. The molecule has 0 aliphatic heterocycles. The van der Waals surface area contributed by atoms with Gasteiger partial charge in [0.25, 0.3) is 5.91 Å². The fraction of sp³-hybridized carbons (Fsp3) is 0.176. The minimum atomic E-state index is -1.02. The van der Waals surface area contributed by atoms with Crippen LogP contribution in [0, 0.1) is 0 Å². The highest BCUT2D eigenvalue weighted by Crippen LogP contribution is 2.17. The van der Waals surface area contributed by atoms with Crippen molar-refractivity contribution in [1.29, 1.82) is 0 Å². The molecule has 2 rings (SSSR count). The Balaban J connectivity index is 1.91. The number of esters is 1. The van der Waals surface area contributed by atoms with E-state index >= 15 is 0 Å². The summed E-state index contributed by atoms with van der Waals surface area (Å²) in [5.41, 5.74) is 6.05. The number of amides is 2. The number of benzene rings is 1. The van der Waals surface area contributed by atoms with E-state index in [4.69, 9.17) is 10.5 Å². The van der Waals surface area contributed by atoms with Crippen molar-refractivity contribution < 1.29 is 19.1 Å². The van der Waals surface area contributed by atoms with Gasteiger partial charge in [0, 0.05) is 23.2 Å². The SMILES string of the molecule is C=CCNc1nc(C(=O)OC(C)C(=O)Nc2ccc(C(N)=O)cc2)cs1. The molecule has 0 saturated heterocycles. The molecular formula is C17H18N4O4S. The van der Waals surface area contributed by atoms with Gasteiger partial charge in [-0.05, 0) is 31.2 Å². The summed E-state index contributed by atoms with van der Waals surface area (Å²) in [6.07, 6.45) is 0.645. The van der Waals surface area contributed by atoms with Gasteiger partial charge in [-0.2, -0.15) is 0 Å². The second-order valence-electron chi connectivity index (χ2n) is 5.19. The highest BCUT2D eigenvalue weighted by Gasteiger charge is 2.21. The number of nitrogens with one attached hydrogen (secondary N) is 2. The van der Waals surface area contributed by atoms with Crippen LogP contribution in [-0.4, -0.2) is 35.4 Å². The Morgan fingerprint density at radius 2 is 2.04 bits per heavy atom. The van der Waals surface area contributed by atoms with Crippen molar-refractivity contribution in [3.63, 3.8) is 0 Å². The van der Waals surface area contributed by atoms with Crippen molar-refractivity contribution in [3.05, 3.63) is 53.6 Å². The average molecular weight is 374 g/mol. The molecule has 1 atom stereocenters. The Kier molecular flexibility index (Phi) is 6.45. The Morgan fingerprint density at radius 3 is 2.65 bits per heavy atom. The summed E-state index contributed by atoms with van der Waals surface area (Å²) in [7, 11) is 0. The van der Waals surface area contributed by atoms with Crippen LogP contribution in [0.1, 0.15) is 27.8 Å². The molecule has 0 spiro atoms. The summed E-state index contributed by atoms with van der Waals surface area (Å²) in [5, 5.41) is 7.65. The van der Waals surface area contributed by atoms with E-state index in [1.165, 1.54) is 42.5 Å². The number of nitrogens with two attached hydrogens (primary N) is 1. The van der Waals surface area contributed by atoms with Crippen LogP contribution in [-0.2, 0) is 9.53 Å². The molecule has 8 nitrogen and oxygen atoms in total. The molecule has 0 bridgehead atoms. The van der Waals surface area contributed by atoms with Crippen LogP contribution in [0.2, 0.25) is 0 Å². The number of thiazole rings is 1. The Labute approximate surface area is 154 Å². The van der Waals surface area contributed by atoms with Gasteiger partial charge in [-0.25, -0.2) is 9.78 Å². The lowest BCUT2D eigenvalue weighted by molar-refractivity contribution is -0.123. The van der Waals surface area contributed by atoms with Crippen LogP contribution in [0.4, 0.5) is 10.8 Å². The number of primary amides is 1. The average Bonchev–Trinajstić information content (AvgIpc) is 3.09. The number of carbonyl (C=O) groups is 3. The molecule has 2 amide bonds. The maximum absolute atomic E-state index is 12.1. The topological polar surface area (TPSA) is 123 Å². The molecule has 1 aromatic heterocycles. The van der Waals surface area contributed by atoms with Crippen molar-refractivity contribution in [2.45, 2.75) is 13.0 Å². The number of anilines is 2. The fourth-order valence-corrected chi connectivity index (χ4v) is 2.53. The van der Waals surface area contributed by atoms with Crippen LogP contribution in [0.5, 0.6) is 0 Å². The molecule has 0 saturated carbocycles. The number of nitrogens with zero attached hydrogens (tertiary/aromatic N) is 1. The van der Waals surface area contributed by atoms with Gasteiger partial charge in [0.15, 0.2) is 16.9 Å². The Morgan fingerprint density at radius 1 is 1.35 bits per heavy atom.